The lowest BCUT2D eigenvalue weighted by Crippen LogP contribution is -2.38. The van der Waals surface area contributed by atoms with Crippen molar-refractivity contribution in [3.8, 4) is 11.6 Å². The van der Waals surface area contributed by atoms with E-state index in [0.29, 0.717) is 24.0 Å². The van der Waals surface area contributed by atoms with Crippen molar-refractivity contribution in [1.82, 2.24) is 25.1 Å². The van der Waals surface area contributed by atoms with Crippen molar-refractivity contribution >= 4 is 17.2 Å². The molecule has 0 spiro atoms. The zero-order chi connectivity index (χ0) is 18.1. The third-order valence-electron chi connectivity index (χ3n) is 4.79. The maximum Gasteiger partial charge on any atom is 0.267 e. The summed E-state index contributed by atoms with van der Waals surface area (Å²) in [4.78, 5) is 24.4. The maximum atomic E-state index is 13.1. The molecular formula is C18H19N5O2S. The van der Waals surface area contributed by atoms with E-state index in [-0.39, 0.29) is 11.9 Å². The van der Waals surface area contributed by atoms with Gasteiger partial charge in [-0.2, -0.15) is 0 Å². The first-order chi connectivity index (χ1) is 12.6. The first kappa shape index (κ1) is 16.8. The molecule has 1 fully saturated rings. The molecule has 0 unspecified atom stereocenters. The molecule has 3 aromatic heterocycles. The molecule has 1 aliphatic rings. The Hall–Kier alpha value is -2.61. The Kier molecular flexibility index (Phi) is 4.50. The Balaban J connectivity index is 1.63. The average Bonchev–Trinajstić information content (AvgIpc) is 3.30. The highest BCUT2D eigenvalue weighted by Crippen LogP contribution is 2.34. The Morgan fingerprint density at radius 3 is 2.88 bits per heavy atom. The van der Waals surface area contributed by atoms with Crippen LogP contribution in [0, 0.1) is 13.8 Å². The fraction of sp³-hybridized carbons (Fsp3) is 0.389. The van der Waals surface area contributed by atoms with Crippen LogP contribution in [0.15, 0.2) is 28.4 Å². The highest BCUT2D eigenvalue weighted by atomic mass is 32.1. The van der Waals surface area contributed by atoms with Crippen molar-refractivity contribution in [3.05, 3.63) is 45.9 Å². The van der Waals surface area contributed by atoms with Gasteiger partial charge in [0.05, 0.1) is 11.8 Å². The summed E-state index contributed by atoms with van der Waals surface area (Å²) in [6.45, 7) is 4.73. The molecule has 1 atom stereocenters. The van der Waals surface area contributed by atoms with E-state index in [1.807, 2.05) is 24.1 Å². The van der Waals surface area contributed by atoms with E-state index in [4.69, 9.17) is 4.42 Å². The molecule has 1 amide bonds. The van der Waals surface area contributed by atoms with E-state index in [0.717, 1.165) is 30.4 Å². The third kappa shape index (κ3) is 3.01. The number of likely N-dealkylation sites (tertiary alicyclic amines) is 1. The molecule has 0 N–H and O–H groups in total. The molecule has 0 aromatic carbocycles. The number of hydrogen-bond acceptors (Lipinski definition) is 7. The summed E-state index contributed by atoms with van der Waals surface area (Å²) in [6.07, 6.45) is 7.58. The van der Waals surface area contributed by atoms with Crippen LogP contribution in [0.2, 0.25) is 0 Å². The van der Waals surface area contributed by atoms with Crippen molar-refractivity contribution in [2.45, 2.75) is 39.2 Å². The number of thiophene rings is 1. The standard InChI is InChI=1S/C18H19N5O2S/c1-11-12(2)26-10-13(11)18(24)23-8-4-3-5-15(23)17-22-21-16(25-17)14-9-19-6-7-20-14/h6-7,9-10,15H,3-5,8H2,1-2H3/t15-/m1/s1. The Labute approximate surface area is 155 Å². The van der Waals surface area contributed by atoms with Gasteiger partial charge in [-0.3, -0.25) is 9.78 Å². The van der Waals surface area contributed by atoms with E-state index in [1.54, 1.807) is 29.9 Å². The summed E-state index contributed by atoms with van der Waals surface area (Å²) in [5.74, 6) is 0.827. The van der Waals surface area contributed by atoms with E-state index in [2.05, 4.69) is 20.2 Å². The number of carbonyl (C=O) groups excluding carboxylic acids is 1. The van der Waals surface area contributed by atoms with Crippen molar-refractivity contribution in [2.75, 3.05) is 6.54 Å². The number of piperidine rings is 1. The monoisotopic (exact) mass is 369 g/mol. The first-order valence-electron chi connectivity index (χ1n) is 8.60. The fourth-order valence-corrected chi connectivity index (χ4v) is 4.05. The number of aromatic nitrogens is 4. The van der Waals surface area contributed by atoms with E-state index < -0.39 is 0 Å². The van der Waals surface area contributed by atoms with Crippen LogP contribution >= 0.6 is 11.3 Å². The number of aryl methyl sites for hydroxylation is 1. The van der Waals surface area contributed by atoms with Crippen molar-refractivity contribution < 1.29 is 9.21 Å². The molecule has 0 bridgehead atoms. The van der Waals surface area contributed by atoms with Crippen LogP contribution in [0.5, 0.6) is 0 Å². The SMILES string of the molecule is Cc1scc(C(=O)N2CCCC[C@@H]2c2nnc(-c3cnccn3)o2)c1C. The minimum atomic E-state index is -0.200. The number of nitrogens with zero attached hydrogens (tertiary/aromatic N) is 5. The molecule has 0 saturated carbocycles. The van der Waals surface area contributed by atoms with Gasteiger partial charge in [-0.1, -0.05) is 0 Å². The predicted molar refractivity (Wildman–Crippen MR) is 96.7 cm³/mol. The summed E-state index contributed by atoms with van der Waals surface area (Å²) in [7, 11) is 0. The lowest BCUT2D eigenvalue weighted by Gasteiger charge is -2.33. The van der Waals surface area contributed by atoms with Gasteiger partial charge in [0.15, 0.2) is 0 Å². The minimum absolute atomic E-state index is 0.0378. The summed E-state index contributed by atoms with van der Waals surface area (Å²) in [5, 5.41) is 10.2. The van der Waals surface area contributed by atoms with Crippen LogP contribution in [0.1, 0.15) is 52.0 Å². The summed E-state index contributed by atoms with van der Waals surface area (Å²) in [5.41, 5.74) is 2.35. The molecular weight excluding hydrogens is 350 g/mol. The first-order valence-corrected chi connectivity index (χ1v) is 9.48. The van der Waals surface area contributed by atoms with Gasteiger partial charge >= 0.3 is 0 Å². The van der Waals surface area contributed by atoms with Crippen LogP contribution in [-0.4, -0.2) is 37.5 Å². The predicted octanol–water partition coefficient (Wildman–Crippen LogP) is 3.57. The zero-order valence-electron chi connectivity index (χ0n) is 14.7. The van der Waals surface area contributed by atoms with Crippen LogP contribution in [-0.2, 0) is 0 Å². The van der Waals surface area contributed by atoms with Crippen molar-refractivity contribution in [2.24, 2.45) is 0 Å². The molecule has 1 saturated heterocycles. The second-order valence-electron chi connectivity index (χ2n) is 6.38. The van der Waals surface area contributed by atoms with Gasteiger partial charge in [-0.05, 0) is 38.7 Å². The smallest absolute Gasteiger partial charge is 0.267 e. The molecule has 134 valence electrons. The van der Waals surface area contributed by atoms with Gasteiger partial charge in [0.25, 0.3) is 11.8 Å². The normalized spacial score (nSPS) is 17.5. The molecule has 4 rings (SSSR count). The maximum absolute atomic E-state index is 13.1. The van der Waals surface area contributed by atoms with Gasteiger partial charge in [-0.15, -0.1) is 21.5 Å². The van der Waals surface area contributed by atoms with Crippen molar-refractivity contribution in [3.63, 3.8) is 0 Å². The second kappa shape index (κ2) is 6.95. The number of hydrogen-bond donors (Lipinski definition) is 0. The van der Waals surface area contributed by atoms with Gasteiger partial charge in [0.1, 0.15) is 11.7 Å². The van der Waals surface area contributed by atoms with E-state index in [1.165, 1.54) is 4.88 Å². The van der Waals surface area contributed by atoms with Crippen LogP contribution < -0.4 is 0 Å². The van der Waals surface area contributed by atoms with Gasteiger partial charge in [0, 0.05) is 29.2 Å². The van der Waals surface area contributed by atoms with E-state index >= 15 is 0 Å². The molecule has 26 heavy (non-hydrogen) atoms. The van der Waals surface area contributed by atoms with Crippen LogP contribution in [0.25, 0.3) is 11.6 Å². The Bertz CT molecular complexity index is 921. The molecule has 8 heteroatoms. The summed E-state index contributed by atoms with van der Waals surface area (Å²) in [6, 6.07) is -0.200. The molecule has 4 heterocycles. The quantitative estimate of drug-likeness (QED) is 0.701. The molecule has 0 aliphatic carbocycles. The zero-order valence-corrected chi connectivity index (χ0v) is 15.5. The number of carbonyl (C=O) groups is 1. The highest BCUT2D eigenvalue weighted by Gasteiger charge is 2.33. The largest absolute Gasteiger partial charge is 0.417 e. The number of rotatable bonds is 3. The lowest BCUT2D eigenvalue weighted by atomic mass is 10.0. The molecule has 3 aromatic rings. The van der Waals surface area contributed by atoms with Crippen LogP contribution in [0.4, 0.5) is 0 Å². The topological polar surface area (TPSA) is 85.0 Å². The minimum Gasteiger partial charge on any atom is -0.417 e. The van der Waals surface area contributed by atoms with Gasteiger partial charge in [-0.25, -0.2) is 4.98 Å². The van der Waals surface area contributed by atoms with Gasteiger partial charge < -0.3 is 9.32 Å². The van der Waals surface area contributed by atoms with Crippen LogP contribution in [0.3, 0.4) is 0 Å². The fourth-order valence-electron chi connectivity index (χ4n) is 3.19. The number of amides is 1. The molecule has 1 aliphatic heterocycles. The Morgan fingerprint density at radius 2 is 2.15 bits per heavy atom. The third-order valence-corrected chi connectivity index (χ3v) is 5.80. The summed E-state index contributed by atoms with van der Waals surface area (Å²) >= 11 is 1.61. The lowest BCUT2D eigenvalue weighted by molar-refractivity contribution is 0.0572. The summed E-state index contributed by atoms with van der Waals surface area (Å²) < 4.78 is 5.84. The van der Waals surface area contributed by atoms with E-state index in [9.17, 15) is 4.79 Å². The molecule has 7 nitrogen and oxygen atoms in total. The highest BCUT2D eigenvalue weighted by molar-refractivity contribution is 7.10. The van der Waals surface area contributed by atoms with Crippen molar-refractivity contribution in [1.29, 1.82) is 0 Å². The molecule has 0 radical (unpaired) electrons. The average molecular weight is 369 g/mol. The Morgan fingerprint density at radius 1 is 1.27 bits per heavy atom. The second-order valence-corrected chi connectivity index (χ2v) is 7.46. The van der Waals surface area contributed by atoms with Gasteiger partial charge in [0.2, 0.25) is 5.89 Å².